The SMILES string of the molecule is OC1(CNC2CCOC3(CCCC3)C2)CCCCC1. The minimum atomic E-state index is -0.431. The van der Waals surface area contributed by atoms with E-state index in [0.717, 1.165) is 38.8 Å². The Morgan fingerprint density at radius 1 is 1.00 bits per heavy atom. The first-order chi connectivity index (χ1) is 9.20. The predicted molar refractivity (Wildman–Crippen MR) is 76.2 cm³/mol. The number of nitrogens with one attached hydrogen (secondary N) is 1. The Bertz CT molecular complexity index is 293. The molecule has 0 aromatic carbocycles. The summed E-state index contributed by atoms with van der Waals surface area (Å²) in [6.45, 7) is 1.68. The van der Waals surface area contributed by atoms with E-state index < -0.39 is 5.60 Å². The Balaban J connectivity index is 1.49. The molecule has 3 nitrogen and oxygen atoms in total. The van der Waals surface area contributed by atoms with Crippen molar-refractivity contribution >= 4 is 0 Å². The third kappa shape index (κ3) is 3.32. The summed E-state index contributed by atoms with van der Waals surface area (Å²) in [5.74, 6) is 0. The van der Waals surface area contributed by atoms with E-state index in [-0.39, 0.29) is 5.60 Å². The lowest BCUT2D eigenvalue weighted by Gasteiger charge is -2.40. The van der Waals surface area contributed by atoms with E-state index in [1.54, 1.807) is 0 Å². The van der Waals surface area contributed by atoms with Gasteiger partial charge >= 0.3 is 0 Å². The van der Waals surface area contributed by atoms with Gasteiger partial charge in [0.1, 0.15) is 0 Å². The van der Waals surface area contributed by atoms with Crippen LogP contribution in [0.4, 0.5) is 0 Å². The zero-order chi connectivity index (χ0) is 13.2. The molecule has 0 aromatic heterocycles. The van der Waals surface area contributed by atoms with Crippen LogP contribution < -0.4 is 5.32 Å². The summed E-state index contributed by atoms with van der Waals surface area (Å²) >= 11 is 0. The largest absolute Gasteiger partial charge is 0.389 e. The van der Waals surface area contributed by atoms with E-state index in [4.69, 9.17) is 4.74 Å². The Morgan fingerprint density at radius 3 is 2.42 bits per heavy atom. The van der Waals surface area contributed by atoms with Crippen molar-refractivity contribution in [3.05, 3.63) is 0 Å². The molecule has 3 rings (SSSR count). The fourth-order valence-electron chi connectivity index (χ4n) is 4.29. The van der Waals surface area contributed by atoms with Crippen molar-refractivity contribution in [1.29, 1.82) is 0 Å². The van der Waals surface area contributed by atoms with Gasteiger partial charge < -0.3 is 15.2 Å². The average Bonchev–Trinajstić information content (AvgIpc) is 2.86. The van der Waals surface area contributed by atoms with Crippen LogP contribution in [0.2, 0.25) is 0 Å². The standard InChI is InChI=1S/C16H29NO2/c18-15(7-2-1-3-8-15)13-17-14-6-11-19-16(12-14)9-4-5-10-16/h14,17-18H,1-13H2. The van der Waals surface area contributed by atoms with Crippen LogP contribution >= 0.6 is 0 Å². The molecule has 1 aliphatic heterocycles. The molecule has 0 aromatic rings. The highest BCUT2D eigenvalue weighted by Crippen LogP contribution is 2.40. The topological polar surface area (TPSA) is 41.5 Å². The molecule has 0 radical (unpaired) electrons. The maximum absolute atomic E-state index is 10.6. The van der Waals surface area contributed by atoms with Gasteiger partial charge in [-0.15, -0.1) is 0 Å². The van der Waals surface area contributed by atoms with Crippen molar-refractivity contribution in [2.75, 3.05) is 13.2 Å². The van der Waals surface area contributed by atoms with E-state index >= 15 is 0 Å². The van der Waals surface area contributed by atoms with Crippen LogP contribution in [-0.4, -0.2) is 35.5 Å². The highest BCUT2D eigenvalue weighted by atomic mass is 16.5. The summed E-state index contributed by atoms with van der Waals surface area (Å²) in [5.41, 5.74) is -0.246. The second-order valence-corrected chi connectivity index (χ2v) is 7.09. The quantitative estimate of drug-likeness (QED) is 0.826. The maximum atomic E-state index is 10.6. The molecule has 19 heavy (non-hydrogen) atoms. The summed E-state index contributed by atoms with van der Waals surface area (Å²) in [7, 11) is 0. The van der Waals surface area contributed by atoms with Gasteiger partial charge in [0.15, 0.2) is 0 Å². The van der Waals surface area contributed by atoms with Crippen molar-refractivity contribution in [2.24, 2.45) is 0 Å². The Kier molecular flexibility index (Phi) is 4.16. The van der Waals surface area contributed by atoms with Crippen LogP contribution in [0.1, 0.15) is 70.6 Å². The molecule has 1 atom stereocenters. The number of ether oxygens (including phenoxy) is 1. The molecule has 3 aliphatic rings. The molecule has 2 aliphatic carbocycles. The van der Waals surface area contributed by atoms with Crippen LogP contribution in [0.15, 0.2) is 0 Å². The van der Waals surface area contributed by atoms with Gasteiger partial charge in [-0.2, -0.15) is 0 Å². The summed E-state index contributed by atoms with van der Waals surface area (Å²) in [6, 6.07) is 0.554. The Morgan fingerprint density at radius 2 is 1.68 bits per heavy atom. The van der Waals surface area contributed by atoms with E-state index in [2.05, 4.69) is 5.32 Å². The fourth-order valence-corrected chi connectivity index (χ4v) is 4.29. The molecule has 1 saturated heterocycles. The van der Waals surface area contributed by atoms with Gasteiger partial charge in [0.05, 0.1) is 11.2 Å². The third-order valence-electron chi connectivity index (χ3n) is 5.51. The minimum absolute atomic E-state index is 0.186. The molecule has 2 saturated carbocycles. The summed E-state index contributed by atoms with van der Waals surface area (Å²) in [5, 5.41) is 14.2. The fraction of sp³-hybridized carbons (Fsp3) is 1.00. The van der Waals surface area contributed by atoms with Gasteiger partial charge in [0.25, 0.3) is 0 Å². The lowest BCUT2D eigenvalue weighted by Crippen LogP contribution is -2.50. The van der Waals surface area contributed by atoms with Crippen LogP contribution in [-0.2, 0) is 4.74 Å². The normalized spacial score (nSPS) is 33.6. The van der Waals surface area contributed by atoms with Gasteiger partial charge in [-0.1, -0.05) is 32.1 Å². The summed E-state index contributed by atoms with van der Waals surface area (Å²) in [4.78, 5) is 0. The van der Waals surface area contributed by atoms with Gasteiger partial charge in [-0.25, -0.2) is 0 Å². The molecule has 1 unspecified atom stereocenters. The summed E-state index contributed by atoms with van der Waals surface area (Å²) in [6.07, 6.45) is 13.1. The van der Waals surface area contributed by atoms with E-state index in [9.17, 15) is 5.11 Å². The molecule has 0 amide bonds. The van der Waals surface area contributed by atoms with Crippen molar-refractivity contribution in [1.82, 2.24) is 5.32 Å². The monoisotopic (exact) mass is 267 g/mol. The molecule has 3 fully saturated rings. The number of rotatable bonds is 3. The van der Waals surface area contributed by atoms with E-state index in [0.29, 0.717) is 6.04 Å². The van der Waals surface area contributed by atoms with Crippen LogP contribution in [0, 0.1) is 0 Å². The number of aliphatic hydroxyl groups is 1. The first-order valence-corrected chi connectivity index (χ1v) is 8.30. The van der Waals surface area contributed by atoms with Crippen molar-refractivity contribution in [3.63, 3.8) is 0 Å². The molecule has 0 bridgehead atoms. The highest BCUT2D eigenvalue weighted by Gasteiger charge is 2.40. The molecule has 2 N–H and O–H groups in total. The number of hydrogen-bond acceptors (Lipinski definition) is 3. The molecule has 1 heterocycles. The molecular formula is C16H29NO2. The summed E-state index contributed by atoms with van der Waals surface area (Å²) < 4.78 is 6.07. The minimum Gasteiger partial charge on any atom is -0.389 e. The van der Waals surface area contributed by atoms with E-state index in [1.165, 1.54) is 44.9 Å². The molecule has 3 heteroatoms. The smallest absolute Gasteiger partial charge is 0.0771 e. The van der Waals surface area contributed by atoms with Gasteiger partial charge in [-0.3, -0.25) is 0 Å². The lowest BCUT2D eigenvalue weighted by atomic mass is 9.84. The van der Waals surface area contributed by atoms with Gasteiger partial charge in [-0.05, 0) is 38.5 Å². The highest BCUT2D eigenvalue weighted by molar-refractivity contribution is 4.95. The Labute approximate surface area is 117 Å². The van der Waals surface area contributed by atoms with Crippen LogP contribution in [0.25, 0.3) is 0 Å². The van der Waals surface area contributed by atoms with Gasteiger partial charge in [0, 0.05) is 19.2 Å². The molecular weight excluding hydrogens is 238 g/mol. The third-order valence-corrected chi connectivity index (χ3v) is 5.51. The van der Waals surface area contributed by atoms with E-state index in [1.807, 2.05) is 0 Å². The van der Waals surface area contributed by atoms with Crippen molar-refractivity contribution in [2.45, 2.75) is 87.9 Å². The predicted octanol–water partition coefficient (Wildman–Crippen LogP) is 2.76. The van der Waals surface area contributed by atoms with Crippen LogP contribution in [0.3, 0.4) is 0 Å². The number of hydrogen-bond donors (Lipinski definition) is 2. The van der Waals surface area contributed by atoms with Gasteiger partial charge in [0.2, 0.25) is 0 Å². The van der Waals surface area contributed by atoms with Crippen molar-refractivity contribution in [3.8, 4) is 0 Å². The molecule has 1 spiro atoms. The zero-order valence-electron chi connectivity index (χ0n) is 12.1. The average molecular weight is 267 g/mol. The first-order valence-electron chi connectivity index (χ1n) is 8.30. The second-order valence-electron chi connectivity index (χ2n) is 7.09. The lowest BCUT2D eigenvalue weighted by molar-refractivity contribution is -0.0871. The second kappa shape index (κ2) is 5.71. The Hall–Kier alpha value is -0.120. The maximum Gasteiger partial charge on any atom is 0.0771 e. The first kappa shape index (κ1) is 13.8. The molecule has 110 valence electrons. The zero-order valence-corrected chi connectivity index (χ0v) is 12.1. The van der Waals surface area contributed by atoms with Crippen LogP contribution in [0.5, 0.6) is 0 Å². The van der Waals surface area contributed by atoms with Crippen molar-refractivity contribution < 1.29 is 9.84 Å².